The van der Waals surface area contributed by atoms with Crippen LogP contribution in [-0.2, 0) is 84.0 Å². The van der Waals surface area contributed by atoms with E-state index in [2.05, 4.69) is 60.2 Å². The summed E-state index contributed by atoms with van der Waals surface area (Å²) in [5.41, 5.74) is 1.98. The van der Waals surface area contributed by atoms with Crippen molar-refractivity contribution in [3.05, 3.63) is 240 Å². The lowest BCUT2D eigenvalue weighted by atomic mass is 10.0. The molecule has 4 amide bonds. The molecule has 0 bridgehead atoms. The third-order valence-electron chi connectivity index (χ3n) is 18.8. The van der Waals surface area contributed by atoms with Crippen LogP contribution in [0.25, 0.3) is 43.2 Å². The number of rotatable bonds is 32. The third kappa shape index (κ3) is 18.0. The highest BCUT2D eigenvalue weighted by molar-refractivity contribution is 8.07. The number of imidazole rings is 3. The number of carbonyl (C=O) groups excluding carboxylic acids is 6. The van der Waals surface area contributed by atoms with E-state index in [9.17, 15) is 28.8 Å². The number of amides is 4. The molecule has 115 heavy (non-hydrogen) atoms. The van der Waals surface area contributed by atoms with Gasteiger partial charge in [-0.1, -0.05) is 97.9 Å². The van der Waals surface area contributed by atoms with Gasteiger partial charge in [0.15, 0.2) is 75.7 Å². The van der Waals surface area contributed by atoms with Gasteiger partial charge in [0, 0.05) is 48.1 Å². The zero-order valence-corrected chi connectivity index (χ0v) is 64.8. The summed E-state index contributed by atoms with van der Waals surface area (Å²) in [6.45, 7) is 6.89. The van der Waals surface area contributed by atoms with Gasteiger partial charge < -0.3 is 71.4 Å². The molecule has 590 valence electrons. The SMILES string of the molecule is [C-]#[N+]CCOP(=S)(OC[C@H]1O[C@@H](n2cnc3c(N(C(=O)c4ccccc4)C(=O)c4ccccc4)ncnc32)[C@H](OC(=O)c2ccccc2)[C@@H]1C)O[C@@H]1[C@H](OC)[C@@H](COP(=S)(OCC[N+]#[C-])O[C@@H]2C[C@@H](CCC(=O)OC)O[C@H]2n2cnc3c(NC(=O)c4ccccc4)ncnc32)O[C@H]1n1cnc2c(NC(=O)c3ccccc3)ncnc21. The number of carbonyl (C=O) groups is 6. The Hall–Kier alpha value is -11.4. The van der Waals surface area contributed by atoms with Crippen molar-refractivity contribution in [1.29, 1.82) is 0 Å². The molecule has 14 rings (SSSR count). The second kappa shape index (κ2) is 36.4. The highest BCUT2D eigenvalue weighted by Crippen LogP contribution is 2.58. The number of benzene rings is 5. The normalized spacial score (nSPS) is 21.5. The molecule has 2 N–H and O–H groups in total. The van der Waals surface area contributed by atoms with Crippen molar-refractivity contribution in [1.82, 2.24) is 58.6 Å². The predicted octanol–water partition coefficient (Wildman–Crippen LogP) is 10.5. The fourth-order valence-electron chi connectivity index (χ4n) is 13.2. The summed E-state index contributed by atoms with van der Waals surface area (Å²) in [4.78, 5) is 132. The van der Waals surface area contributed by atoms with Gasteiger partial charge in [-0.3, -0.25) is 42.2 Å². The molecule has 2 unspecified atom stereocenters. The summed E-state index contributed by atoms with van der Waals surface area (Å²) in [5.74, 6) is -4.39. The quantitative estimate of drug-likeness (QED) is 0.0130. The molecule has 0 aliphatic carbocycles. The number of anilines is 3. The monoisotopic (exact) mass is 1640 g/mol. The van der Waals surface area contributed by atoms with Crippen LogP contribution in [0.15, 0.2) is 190 Å². The minimum atomic E-state index is -4.30. The molecular formula is C76H71N17O18P2S2. The van der Waals surface area contributed by atoms with Crippen LogP contribution in [0.3, 0.4) is 0 Å². The molecular weight excluding hydrogens is 1570 g/mol. The molecule has 0 spiro atoms. The van der Waals surface area contributed by atoms with Crippen molar-refractivity contribution >= 4 is 124 Å². The number of esters is 2. The molecule has 9 heterocycles. The Morgan fingerprint density at radius 2 is 0.965 bits per heavy atom. The van der Waals surface area contributed by atoms with Gasteiger partial charge in [-0.25, -0.2) is 67.7 Å². The molecule has 3 aliphatic rings. The van der Waals surface area contributed by atoms with Crippen LogP contribution in [0.2, 0.25) is 0 Å². The molecule has 0 radical (unpaired) electrons. The number of ether oxygens (including phenoxy) is 6. The van der Waals surface area contributed by atoms with Crippen LogP contribution in [0.4, 0.5) is 17.5 Å². The van der Waals surface area contributed by atoms with Crippen LogP contribution in [0, 0.1) is 19.1 Å². The summed E-state index contributed by atoms with van der Waals surface area (Å²) in [7, 11) is 2.65. The maximum atomic E-state index is 14.6. The smallest absolute Gasteiger partial charge is 0.338 e. The molecule has 6 aromatic heterocycles. The first-order valence-electron chi connectivity index (χ1n) is 35.8. The first-order valence-corrected chi connectivity index (χ1v) is 40.9. The highest BCUT2D eigenvalue weighted by atomic mass is 32.5. The van der Waals surface area contributed by atoms with Gasteiger partial charge in [0.1, 0.15) is 56.6 Å². The van der Waals surface area contributed by atoms with Gasteiger partial charge in [0.05, 0.1) is 57.1 Å². The van der Waals surface area contributed by atoms with E-state index < -0.39 is 130 Å². The van der Waals surface area contributed by atoms with E-state index in [1.54, 1.807) is 163 Å². The minimum absolute atomic E-state index is 0.00516. The first kappa shape index (κ1) is 80.3. The average molecular weight is 1640 g/mol. The Morgan fingerprint density at radius 3 is 1.47 bits per heavy atom. The average Bonchev–Trinajstić information content (AvgIpc) is 1.62. The van der Waals surface area contributed by atoms with E-state index in [0.717, 1.165) is 4.90 Å². The number of imide groups is 1. The van der Waals surface area contributed by atoms with E-state index >= 15 is 0 Å². The molecule has 3 fully saturated rings. The summed E-state index contributed by atoms with van der Waals surface area (Å²) in [5, 5.41) is 5.63. The van der Waals surface area contributed by atoms with Gasteiger partial charge in [-0.15, -0.1) is 0 Å². The molecule has 0 saturated carbocycles. The van der Waals surface area contributed by atoms with Gasteiger partial charge in [0.2, 0.25) is 13.1 Å². The largest absolute Gasteiger partial charge is 0.469 e. The summed E-state index contributed by atoms with van der Waals surface area (Å²) in [6, 6.07) is 41.6. The predicted molar refractivity (Wildman–Crippen MR) is 417 cm³/mol. The van der Waals surface area contributed by atoms with Crippen molar-refractivity contribution in [2.24, 2.45) is 5.92 Å². The highest BCUT2D eigenvalue weighted by Gasteiger charge is 2.53. The van der Waals surface area contributed by atoms with E-state index in [-0.39, 0.29) is 113 Å². The number of aromatic nitrogens is 12. The van der Waals surface area contributed by atoms with Crippen LogP contribution in [0.1, 0.15) is 96.7 Å². The summed E-state index contributed by atoms with van der Waals surface area (Å²) >= 11 is 12.7. The van der Waals surface area contributed by atoms with E-state index in [1.807, 2.05) is 0 Å². The van der Waals surface area contributed by atoms with E-state index in [0.29, 0.717) is 11.1 Å². The third-order valence-corrected chi connectivity index (χ3v) is 23.6. The number of hydrogen-bond donors (Lipinski definition) is 2. The number of methoxy groups -OCH3 is 2. The summed E-state index contributed by atoms with van der Waals surface area (Å²) < 4.78 is 82.9. The molecule has 3 aliphatic heterocycles. The zero-order valence-electron chi connectivity index (χ0n) is 61.4. The van der Waals surface area contributed by atoms with Gasteiger partial charge in [-0.2, -0.15) is 0 Å². The molecule has 5 aromatic carbocycles. The van der Waals surface area contributed by atoms with Crippen molar-refractivity contribution in [3.63, 3.8) is 0 Å². The Labute approximate surface area is 666 Å². The fraction of sp³-hybridized carbons (Fsp3) is 0.303. The summed E-state index contributed by atoms with van der Waals surface area (Å²) in [6.07, 6.45) is -3.57. The van der Waals surface area contributed by atoms with E-state index in [4.69, 9.17) is 97.3 Å². The lowest BCUT2D eigenvalue weighted by Crippen LogP contribution is -2.38. The fourth-order valence-corrected chi connectivity index (χ4v) is 17.4. The topological polar surface area (TPSA) is 380 Å². The van der Waals surface area contributed by atoms with Crippen molar-refractivity contribution in [2.45, 2.75) is 87.6 Å². The molecule has 13 atom stereocenters. The molecule has 3 saturated heterocycles. The van der Waals surface area contributed by atoms with Gasteiger partial charge >= 0.3 is 25.4 Å². The number of fused-ring (bicyclic) bond motifs is 3. The van der Waals surface area contributed by atoms with Crippen LogP contribution in [-0.4, -0.2) is 191 Å². The Morgan fingerprint density at radius 1 is 0.522 bits per heavy atom. The van der Waals surface area contributed by atoms with Crippen molar-refractivity contribution < 1.29 is 84.3 Å². The van der Waals surface area contributed by atoms with Crippen LogP contribution < -0.4 is 15.5 Å². The molecule has 35 nitrogen and oxygen atoms in total. The standard InChI is InChI=1S/C76H71N17O18P2S2/c1-46-54(107-74(60(46)109-76(99)51-29-19-10-20-30-51)92-45-87-59-67(92)83-42-84-68(59)93(71(97)49-25-15-8-16-26-49)72(98)50-27-17-9-18-28-50)38-104-113(115,103-36-34-78-3)111-62-61(101-5)55(108-75(62)91-44-86-58-64(80-41-82-66(58)91)89-70(96)48-23-13-7-14-24-48)39-105-112(114,102-35-33-77-2)110-53-37-52(31-32-56(94)100-4)106-73(53)90-43-85-57-63(79-40-81-65(57)90)88-69(95)47-21-11-6-12-22-47/h6-30,40-46,52-55,60-62,73-75H,31-39H2,1,4-5H3,(H,79,81,88,95)(H,80,82,89,96)/t46-,52-,53-,54-,55-,60-,61-,62-,73-,74-,75-,112?,113?/m1/s1. The molecule has 11 aromatic rings. The second-order valence-corrected chi connectivity index (χ2v) is 31.9. The van der Waals surface area contributed by atoms with Crippen LogP contribution in [0.5, 0.6) is 0 Å². The number of hydrogen-bond acceptors (Lipinski definition) is 29. The first-order chi connectivity index (χ1) is 56.0. The lowest BCUT2D eigenvalue weighted by molar-refractivity contribution is -0.141. The molecule has 39 heteroatoms. The van der Waals surface area contributed by atoms with Crippen molar-refractivity contribution in [3.8, 4) is 0 Å². The zero-order chi connectivity index (χ0) is 80.2. The number of nitrogens with one attached hydrogen (secondary N) is 2. The van der Waals surface area contributed by atoms with Crippen molar-refractivity contribution in [2.75, 3.05) is 69.3 Å². The minimum Gasteiger partial charge on any atom is -0.469 e. The Balaban J connectivity index is 0.785. The Bertz CT molecular complexity index is 5490. The van der Waals surface area contributed by atoms with E-state index in [1.165, 1.54) is 61.3 Å². The number of nitrogens with zero attached hydrogens (tertiary/aromatic N) is 15. The lowest BCUT2D eigenvalue weighted by Gasteiger charge is -2.31. The van der Waals surface area contributed by atoms with Gasteiger partial charge in [0.25, 0.3) is 23.6 Å². The van der Waals surface area contributed by atoms with Gasteiger partial charge in [-0.05, 0) is 90.7 Å². The van der Waals surface area contributed by atoms with Crippen LogP contribution >= 0.6 is 13.4 Å². The maximum Gasteiger partial charge on any atom is 0.338 e. The second-order valence-electron chi connectivity index (χ2n) is 26.0. The Kier molecular flexibility index (Phi) is 25.4. The maximum absolute atomic E-state index is 14.6.